The molecule has 1 aromatic carbocycles. The van der Waals surface area contributed by atoms with E-state index >= 15 is 0 Å². The van der Waals surface area contributed by atoms with Crippen LogP contribution in [-0.2, 0) is 16.1 Å². The van der Waals surface area contributed by atoms with Gasteiger partial charge in [-0.1, -0.05) is 29.8 Å². The number of carbonyl (C=O) groups excluding carboxylic acids is 1. The van der Waals surface area contributed by atoms with Crippen molar-refractivity contribution in [2.24, 2.45) is 11.7 Å². The standard InChI is InChI=1S/C12H15ClN2O2/c13-10-4-2-1-3-8(10)5-15-12(16)9-6-17-7-11(9)14/h1-4,9,11H,5-7,14H2,(H,15,16). The number of hydrogen-bond acceptors (Lipinski definition) is 3. The van der Waals surface area contributed by atoms with Gasteiger partial charge in [-0.2, -0.15) is 0 Å². The second kappa shape index (κ2) is 5.49. The molecule has 1 heterocycles. The average Bonchev–Trinajstić information content (AvgIpc) is 2.74. The van der Waals surface area contributed by atoms with Gasteiger partial charge in [-0.15, -0.1) is 0 Å². The van der Waals surface area contributed by atoms with Crippen molar-refractivity contribution in [2.45, 2.75) is 12.6 Å². The molecule has 1 amide bonds. The molecule has 4 nitrogen and oxygen atoms in total. The molecule has 2 rings (SSSR count). The van der Waals surface area contributed by atoms with Gasteiger partial charge in [0, 0.05) is 17.6 Å². The lowest BCUT2D eigenvalue weighted by molar-refractivity contribution is -0.125. The number of carbonyl (C=O) groups is 1. The van der Waals surface area contributed by atoms with Crippen molar-refractivity contribution in [2.75, 3.05) is 13.2 Å². The Morgan fingerprint density at radius 1 is 1.47 bits per heavy atom. The van der Waals surface area contributed by atoms with Crippen LogP contribution >= 0.6 is 11.6 Å². The summed E-state index contributed by atoms with van der Waals surface area (Å²) in [5.74, 6) is -0.326. The van der Waals surface area contributed by atoms with Crippen LogP contribution in [0.25, 0.3) is 0 Å². The summed E-state index contributed by atoms with van der Waals surface area (Å²) < 4.78 is 5.15. The second-order valence-electron chi connectivity index (χ2n) is 4.12. The first kappa shape index (κ1) is 12.4. The first-order chi connectivity index (χ1) is 8.18. The number of hydrogen-bond donors (Lipinski definition) is 2. The fourth-order valence-corrected chi connectivity index (χ4v) is 2.00. The van der Waals surface area contributed by atoms with Crippen LogP contribution in [0.5, 0.6) is 0 Å². The van der Waals surface area contributed by atoms with E-state index in [1.165, 1.54) is 0 Å². The second-order valence-corrected chi connectivity index (χ2v) is 4.52. The highest BCUT2D eigenvalue weighted by atomic mass is 35.5. The Kier molecular flexibility index (Phi) is 3.99. The van der Waals surface area contributed by atoms with Gasteiger partial charge in [-0.05, 0) is 11.6 Å². The summed E-state index contributed by atoms with van der Waals surface area (Å²) in [6, 6.07) is 7.22. The van der Waals surface area contributed by atoms with Crippen molar-refractivity contribution >= 4 is 17.5 Å². The fraction of sp³-hybridized carbons (Fsp3) is 0.417. The van der Waals surface area contributed by atoms with Gasteiger partial charge in [-0.3, -0.25) is 4.79 Å². The van der Waals surface area contributed by atoms with Gasteiger partial charge in [0.15, 0.2) is 0 Å². The topological polar surface area (TPSA) is 64.3 Å². The maximum Gasteiger partial charge on any atom is 0.227 e. The van der Waals surface area contributed by atoms with Crippen LogP contribution in [-0.4, -0.2) is 25.2 Å². The van der Waals surface area contributed by atoms with Crippen molar-refractivity contribution < 1.29 is 9.53 Å². The van der Waals surface area contributed by atoms with Crippen LogP contribution in [0.1, 0.15) is 5.56 Å². The molecule has 0 bridgehead atoms. The van der Waals surface area contributed by atoms with Crippen molar-refractivity contribution in [1.82, 2.24) is 5.32 Å². The Balaban J connectivity index is 1.90. The number of benzene rings is 1. The van der Waals surface area contributed by atoms with Crippen LogP contribution in [0.3, 0.4) is 0 Å². The van der Waals surface area contributed by atoms with Gasteiger partial charge in [0.05, 0.1) is 19.1 Å². The quantitative estimate of drug-likeness (QED) is 0.844. The minimum atomic E-state index is -0.252. The van der Waals surface area contributed by atoms with Crippen LogP contribution in [0.15, 0.2) is 24.3 Å². The van der Waals surface area contributed by atoms with Crippen LogP contribution in [0.4, 0.5) is 0 Å². The Bertz CT molecular complexity index is 411. The Morgan fingerprint density at radius 3 is 2.88 bits per heavy atom. The predicted octanol–water partition coefficient (Wildman–Crippen LogP) is 0.930. The van der Waals surface area contributed by atoms with Gasteiger partial charge >= 0.3 is 0 Å². The highest BCUT2D eigenvalue weighted by Crippen LogP contribution is 2.15. The Morgan fingerprint density at radius 2 is 2.24 bits per heavy atom. The minimum Gasteiger partial charge on any atom is -0.379 e. The summed E-state index contributed by atoms with van der Waals surface area (Å²) in [6.07, 6.45) is 0. The molecule has 2 atom stereocenters. The summed E-state index contributed by atoms with van der Waals surface area (Å²) in [6.45, 7) is 1.27. The lowest BCUT2D eigenvalue weighted by Gasteiger charge is -2.13. The molecule has 0 saturated carbocycles. The molecule has 1 aromatic rings. The summed E-state index contributed by atoms with van der Waals surface area (Å²) in [5.41, 5.74) is 6.67. The lowest BCUT2D eigenvalue weighted by Crippen LogP contribution is -2.40. The van der Waals surface area contributed by atoms with Crippen molar-refractivity contribution in [3.63, 3.8) is 0 Å². The molecule has 0 aromatic heterocycles. The van der Waals surface area contributed by atoms with Gasteiger partial charge in [-0.25, -0.2) is 0 Å². The lowest BCUT2D eigenvalue weighted by atomic mass is 10.0. The van der Waals surface area contributed by atoms with Crippen molar-refractivity contribution in [1.29, 1.82) is 0 Å². The van der Waals surface area contributed by atoms with E-state index in [4.69, 9.17) is 22.1 Å². The third kappa shape index (κ3) is 2.97. The summed E-state index contributed by atoms with van der Waals surface area (Å²) in [7, 11) is 0. The summed E-state index contributed by atoms with van der Waals surface area (Å²) in [4.78, 5) is 11.8. The fourth-order valence-electron chi connectivity index (χ4n) is 1.80. The third-order valence-corrected chi connectivity index (χ3v) is 3.24. The van der Waals surface area contributed by atoms with E-state index in [-0.39, 0.29) is 17.9 Å². The summed E-state index contributed by atoms with van der Waals surface area (Å²) in [5, 5.41) is 3.48. The summed E-state index contributed by atoms with van der Waals surface area (Å²) >= 11 is 6.00. The molecule has 17 heavy (non-hydrogen) atoms. The molecule has 0 radical (unpaired) electrons. The van der Waals surface area contributed by atoms with Gasteiger partial charge in [0.2, 0.25) is 5.91 Å². The van der Waals surface area contributed by atoms with E-state index < -0.39 is 0 Å². The molecule has 1 aliphatic heterocycles. The molecule has 5 heteroatoms. The zero-order chi connectivity index (χ0) is 12.3. The molecule has 0 spiro atoms. The van der Waals surface area contributed by atoms with Crippen molar-refractivity contribution in [3.8, 4) is 0 Å². The van der Waals surface area contributed by atoms with E-state index in [1.54, 1.807) is 6.07 Å². The predicted molar refractivity (Wildman–Crippen MR) is 65.6 cm³/mol. The number of halogens is 1. The van der Waals surface area contributed by atoms with Crippen LogP contribution in [0, 0.1) is 5.92 Å². The number of rotatable bonds is 3. The molecule has 1 aliphatic rings. The molecule has 0 aliphatic carbocycles. The Labute approximate surface area is 105 Å². The average molecular weight is 255 g/mol. The maximum atomic E-state index is 11.8. The molecular weight excluding hydrogens is 240 g/mol. The van der Waals surface area contributed by atoms with Crippen LogP contribution in [0.2, 0.25) is 5.02 Å². The zero-order valence-corrected chi connectivity index (χ0v) is 10.1. The molecule has 1 saturated heterocycles. The molecule has 1 fully saturated rings. The SMILES string of the molecule is NC1COCC1C(=O)NCc1ccccc1Cl. The van der Waals surface area contributed by atoms with Gasteiger partial charge in [0.1, 0.15) is 0 Å². The molecule has 2 unspecified atom stereocenters. The van der Waals surface area contributed by atoms with E-state index in [2.05, 4.69) is 5.32 Å². The van der Waals surface area contributed by atoms with E-state index in [9.17, 15) is 4.79 Å². The van der Waals surface area contributed by atoms with E-state index in [0.717, 1.165) is 5.56 Å². The normalized spacial score (nSPS) is 23.6. The monoisotopic (exact) mass is 254 g/mol. The number of ether oxygens (including phenoxy) is 1. The smallest absolute Gasteiger partial charge is 0.227 e. The zero-order valence-electron chi connectivity index (χ0n) is 9.36. The number of nitrogens with two attached hydrogens (primary N) is 1. The first-order valence-electron chi connectivity index (χ1n) is 5.53. The molecule has 3 N–H and O–H groups in total. The largest absolute Gasteiger partial charge is 0.379 e. The Hall–Kier alpha value is -1.10. The van der Waals surface area contributed by atoms with Gasteiger partial charge in [0.25, 0.3) is 0 Å². The number of amides is 1. The number of nitrogens with one attached hydrogen (secondary N) is 1. The minimum absolute atomic E-state index is 0.0741. The van der Waals surface area contributed by atoms with E-state index in [0.29, 0.717) is 24.8 Å². The first-order valence-corrected chi connectivity index (χ1v) is 5.90. The highest BCUT2D eigenvalue weighted by Gasteiger charge is 2.31. The third-order valence-electron chi connectivity index (χ3n) is 2.87. The maximum absolute atomic E-state index is 11.8. The van der Waals surface area contributed by atoms with Crippen molar-refractivity contribution in [3.05, 3.63) is 34.9 Å². The molecule has 92 valence electrons. The van der Waals surface area contributed by atoms with Gasteiger partial charge < -0.3 is 15.8 Å². The highest BCUT2D eigenvalue weighted by molar-refractivity contribution is 6.31. The molecular formula is C12H15ClN2O2. The van der Waals surface area contributed by atoms with E-state index in [1.807, 2.05) is 18.2 Å². The van der Waals surface area contributed by atoms with Crippen LogP contribution < -0.4 is 11.1 Å².